The number of oxazole rings is 1. The molecule has 0 bridgehead atoms. The lowest BCUT2D eigenvalue weighted by Gasteiger charge is -2.29. The molecule has 120 valence electrons. The van der Waals surface area contributed by atoms with Gasteiger partial charge in [-0.15, -0.1) is 23.1 Å². The molecule has 0 radical (unpaired) electrons. The summed E-state index contributed by atoms with van der Waals surface area (Å²) in [7, 11) is 0. The molecule has 0 aromatic carbocycles. The summed E-state index contributed by atoms with van der Waals surface area (Å²) >= 11 is 3.12. The molecular formula is C15H15N3O3S2. The highest BCUT2D eigenvalue weighted by Crippen LogP contribution is 2.44. The van der Waals surface area contributed by atoms with Crippen LogP contribution in [0.15, 0.2) is 28.2 Å². The summed E-state index contributed by atoms with van der Waals surface area (Å²) in [5.74, 6) is 1.35. The second-order valence-corrected chi connectivity index (χ2v) is 7.80. The van der Waals surface area contributed by atoms with Crippen molar-refractivity contribution in [3.63, 3.8) is 0 Å². The van der Waals surface area contributed by atoms with E-state index in [0.29, 0.717) is 37.5 Å². The molecule has 2 aromatic rings. The number of fused-ring (bicyclic) bond motifs is 1. The number of carbonyl (C=O) groups excluding carboxylic acids is 2. The molecule has 6 nitrogen and oxygen atoms in total. The topological polar surface area (TPSA) is 75.4 Å². The second-order valence-electron chi connectivity index (χ2n) is 5.48. The van der Waals surface area contributed by atoms with Crippen molar-refractivity contribution in [2.75, 3.05) is 12.3 Å². The number of nitrogens with zero attached hydrogens (tertiary/aromatic N) is 2. The van der Waals surface area contributed by atoms with Crippen molar-refractivity contribution < 1.29 is 14.0 Å². The SMILES string of the molecule is O=C1CCC2(C(=O)NCc3coc(-c4cccs4)n3)SCCN12. The lowest BCUT2D eigenvalue weighted by Crippen LogP contribution is -2.50. The molecule has 4 rings (SSSR count). The molecule has 2 aromatic heterocycles. The minimum absolute atomic E-state index is 0.0755. The average Bonchev–Trinajstić information content (AvgIpc) is 3.31. The lowest BCUT2D eigenvalue weighted by atomic mass is 10.2. The van der Waals surface area contributed by atoms with Crippen LogP contribution in [-0.2, 0) is 16.1 Å². The third-order valence-corrected chi connectivity index (χ3v) is 6.47. The maximum Gasteiger partial charge on any atom is 0.256 e. The Morgan fingerprint density at radius 2 is 2.43 bits per heavy atom. The molecule has 0 saturated carbocycles. The van der Waals surface area contributed by atoms with E-state index in [2.05, 4.69) is 10.3 Å². The maximum absolute atomic E-state index is 12.6. The number of rotatable bonds is 4. The molecule has 0 aliphatic carbocycles. The standard InChI is InChI=1S/C15H15N3O3S2/c19-12-3-4-15(18(12)5-7-23-15)14(20)16-8-10-9-21-13(17-10)11-2-1-6-22-11/h1-2,6,9H,3-5,7-8H2,(H,16,20). The van der Waals surface area contributed by atoms with Crippen LogP contribution in [0.1, 0.15) is 18.5 Å². The van der Waals surface area contributed by atoms with Crippen LogP contribution in [0, 0.1) is 0 Å². The zero-order valence-electron chi connectivity index (χ0n) is 12.3. The first-order chi connectivity index (χ1) is 11.2. The Balaban J connectivity index is 1.43. The van der Waals surface area contributed by atoms with Gasteiger partial charge in [-0.1, -0.05) is 6.07 Å². The fourth-order valence-electron chi connectivity index (χ4n) is 3.02. The van der Waals surface area contributed by atoms with Crippen LogP contribution in [-0.4, -0.2) is 38.9 Å². The number of amides is 2. The summed E-state index contributed by atoms with van der Waals surface area (Å²) in [4.78, 5) is 30.9. The third-order valence-electron chi connectivity index (χ3n) is 4.14. The van der Waals surface area contributed by atoms with Crippen LogP contribution in [0.4, 0.5) is 0 Å². The molecule has 4 heterocycles. The molecule has 23 heavy (non-hydrogen) atoms. The zero-order valence-corrected chi connectivity index (χ0v) is 13.9. The van der Waals surface area contributed by atoms with Crippen LogP contribution in [0.5, 0.6) is 0 Å². The summed E-state index contributed by atoms with van der Waals surface area (Å²) in [5, 5.41) is 4.87. The number of hydrogen-bond acceptors (Lipinski definition) is 6. The van der Waals surface area contributed by atoms with E-state index in [1.54, 1.807) is 34.3 Å². The van der Waals surface area contributed by atoms with Gasteiger partial charge in [-0.25, -0.2) is 4.98 Å². The predicted octanol–water partition coefficient (Wildman–Crippen LogP) is 2.08. The average molecular weight is 349 g/mol. The number of thioether (sulfide) groups is 1. The lowest BCUT2D eigenvalue weighted by molar-refractivity contribution is -0.135. The zero-order chi connectivity index (χ0) is 15.9. The predicted molar refractivity (Wildman–Crippen MR) is 87.8 cm³/mol. The fourth-order valence-corrected chi connectivity index (χ4v) is 5.09. The third kappa shape index (κ3) is 2.46. The Kier molecular flexibility index (Phi) is 3.65. The Morgan fingerprint density at radius 1 is 1.52 bits per heavy atom. The minimum atomic E-state index is -0.711. The monoisotopic (exact) mass is 349 g/mol. The molecular weight excluding hydrogens is 334 g/mol. The largest absolute Gasteiger partial charge is 0.443 e. The number of thiophene rings is 1. The van der Waals surface area contributed by atoms with Crippen LogP contribution >= 0.6 is 23.1 Å². The van der Waals surface area contributed by atoms with Crippen molar-refractivity contribution in [1.29, 1.82) is 0 Å². The van der Waals surface area contributed by atoms with Crippen molar-refractivity contribution in [1.82, 2.24) is 15.2 Å². The van der Waals surface area contributed by atoms with Crippen LogP contribution in [0.2, 0.25) is 0 Å². The van der Waals surface area contributed by atoms with Crippen molar-refractivity contribution in [2.45, 2.75) is 24.3 Å². The molecule has 2 amide bonds. The summed E-state index contributed by atoms with van der Waals surface area (Å²) in [5.41, 5.74) is 0.678. The molecule has 2 aliphatic heterocycles. The molecule has 1 N–H and O–H groups in total. The molecule has 2 saturated heterocycles. The molecule has 1 unspecified atom stereocenters. The first-order valence-electron chi connectivity index (χ1n) is 7.40. The molecule has 2 aliphatic rings. The van der Waals surface area contributed by atoms with Gasteiger partial charge >= 0.3 is 0 Å². The van der Waals surface area contributed by atoms with Gasteiger partial charge in [0.2, 0.25) is 11.8 Å². The van der Waals surface area contributed by atoms with Gasteiger partial charge in [0, 0.05) is 18.7 Å². The van der Waals surface area contributed by atoms with Gasteiger partial charge < -0.3 is 14.6 Å². The van der Waals surface area contributed by atoms with Crippen molar-refractivity contribution in [3.8, 4) is 10.8 Å². The van der Waals surface area contributed by atoms with E-state index in [1.807, 2.05) is 17.5 Å². The van der Waals surface area contributed by atoms with E-state index >= 15 is 0 Å². The number of hydrogen-bond donors (Lipinski definition) is 1. The Labute approximate surface area is 141 Å². The van der Waals surface area contributed by atoms with Crippen molar-refractivity contribution >= 4 is 34.9 Å². The second kappa shape index (κ2) is 5.68. The van der Waals surface area contributed by atoms with Crippen LogP contribution in [0.25, 0.3) is 10.8 Å². The summed E-state index contributed by atoms with van der Waals surface area (Å²) < 4.78 is 5.45. The Morgan fingerprint density at radius 3 is 3.26 bits per heavy atom. The van der Waals surface area contributed by atoms with Crippen molar-refractivity contribution in [2.24, 2.45) is 0 Å². The quantitative estimate of drug-likeness (QED) is 0.915. The smallest absolute Gasteiger partial charge is 0.256 e. The Hall–Kier alpha value is -1.80. The summed E-state index contributed by atoms with van der Waals surface area (Å²) in [6.45, 7) is 0.960. The van der Waals surface area contributed by atoms with Gasteiger partial charge in [0.1, 0.15) is 6.26 Å². The van der Waals surface area contributed by atoms with E-state index in [-0.39, 0.29) is 11.8 Å². The number of carbonyl (C=O) groups is 2. The van der Waals surface area contributed by atoms with E-state index in [9.17, 15) is 9.59 Å². The van der Waals surface area contributed by atoms with Gasteiger partial charge in [-0.05, 0) is 17.9 Å². The summed E-state index contributed by atoms with van der Waals surface area (Å²) in [6, 6.07) is 3.88. The van der Waals surface area contributed by atoms with Crippen LogP contribution < -0.4 is 5.32 Å². The fraction of sp³-hybridized carbons (Fsp3) is 0.400. The van der Waals surface area contributed by atoms with Gasteiger partial charge in [0.25, 0.3) is 5.91 Å². The van der Waals surface area contributed by atoms with Crippen molar-refractivity contribution in [3.05, 3.63) is 29.5 Å². The minimum Gasteiger partial charge on any atom is -0.443 e. The maximum atomic E-state index is 12.6. The van der Waals surface area contributed by atoms with E-state index in [0.717, 1.165) is 10.6 Å². The van der Waals surface area contributed by atoms with E-state index < -0.39 is 4.87 Å². The van der Waals surface area contributed by atoms with E-state index in [1.165, 1.54) is 0 Å². The first-order valence-corrected chi connectivity index (χ1v) is 9.26. The highest BCUT2D eigenvalue weighted by molar-refractivity contribution is 8.01. The van der Waals surface area contributed by atoms with E-state index in [4.69, 9.17) is 4.42 Å². The summed E-state index contributed by atoms with van der Waals surface area (Å²) in [6.07, 6.45) is 2.60. The molecule has 1 atom stereocenters. The Bertz CT molecular complexity index is 743. The van der Waals surface area contributed by atoms with Crippen LogP contribution in [0.3, 0.4) is 0 Å². The molecule has 8 heteroatoms. The molecule has 0 spiro atoms. The normalized spacial score (nSPS) is 23.3. The number of nitrogens with one attached hydrogen (secondary N) is 1. The molecule has 2 fully saturated rings. The highest BCUT2D eigenvalue weighted by Gasteiger charge is 2.54. The highest BCUT2D eigenvalue weighted by atomic mass is 32.2. The first kappa shape index (κ1) is 14.8. The van der Waals surface area contributed by atoms with Gasteiger partial charge in [0.05, 0.1) is 17.1 Å². The van der Waals surface area contributed by atoms with Gasteiger partial charge in [-0.2, -0.15) is 0 Å². The van der Waals surface area contributed by atoms with Gasteiger partial charge in [0.15, 0.2) is 4.87 Å². The number of aromatic nitrogens is 1. The van der Waals surface area contributed by atoms with Gasteiger partial charge in [-0.3, -0.25) is 9.59 Å².